The number of hydrogen-bond acceptors (Lipinski definition) is 4. The van der Waals surface area contributed by atoms with Crippen molar-refractivity contribution in [2.75, 3.05) is 6.54 Å². The molecule has 3 aromatic rings. The number of aromatic nitrogens is 1. The highest BCUT2D eigenvalue weighted by Gasteiger charge is 2.13. The van der Waals surface area contributed by atoms with E-state index >= 15 is 0 Å². The summed E-state index contributed by atoms with van der Waals surface area (Å²) in [5.41, 5.74) is 0.822. The molecule has 6 nitrogen and oxygen atoms in total. The zero-order valence-electron chi connectivity index (χ0n) is 13.4. The lowest BCUT2D eigenvalue weighted by atomic mass is 10.1. The maximum Gasteiger partial charge on any atom is 0.261 e. The number of carbonyl (C=O) groups excluding carboxylic acids is 1. The molecule has 3 rings (SSSR count). The summed E-state index contributed by atoms with van der Waals surface area (Å²) in [5.74, 6) is 0.0440. The number of H-pyrrole nitrogens is 1. The minimum absolute atomic E-state index is 0.0181. The third-order valence-electron chi connectivity index (χ3n) is 3.83. The van der Waals surface area contributed by atoms with Gasteiger partial charge >= 0.3 is 0 Å². The van der Waals surface area contributed by atoms with Crippen molar-refractivity contribution in [3.63, 3.8) is 0 Å². The van der Waals surface area contributed by atoms with E-state index in [0.29, 0.717) is 17.9 Å². The third-order valence-corrected chi connectivity index (χ3v) is 3.83. The van der Waals surface area contributed by atoms with Gasteiger partial charge in [-0.2, -0.15) is 0 Å². The van der Waals surface area contributed by atoms with E-state index in [1.807, 2.05) is 30.3 Å². The first-order valence-corrected chi connectivity index (χ1v) is 7.93. The number of benzene rings is 1. The van der Waals surface area contributed by atoms with Gasteiger partial charge in [0.2, 0.25) is 0 Å². The van der Waals surface area contributed by atoms with Crippen LogP contribution in [0.25, 0.3) is 11.5 Å². The van der Waals surface area contributed by atoms with Gasteiger partial charge in [-0.1, -0.05) is 30.3 Å². The van der Waals surface area contributed by atoms with Gasteiger partial charge in [-0.3, -0.25) is 9.59 Å². The van der Waals surface area contributed by atoms with Gasteiger partial charge in [0.05, 0.1) is 18.1 Å². The lowest BCUT2D eigenvalue weighted by Gasteiger charge is -2.11. The normalized spacial score (nSPS) is 11.9. The zero-order valence-corrected chi connectivity index (χ0v) is 13.4. The fraction of sp³-hybridized carbons (Fsp3) is 0.158. The van der Waals surface area contributed by atoms with E-state index in [-0.39, 0.29) is 12.1 Å². The van der Waals surface area contributed by atoms with Crippen LogP contribution in [-0.2, 0) is 0 Å². The number of furan rings is 1. The molecule has 128 valence electrons. The van der Waals surface area contributed by atoms with Gasteiger partial charge in [0.15, 0.2) is 0 Å². The van der Waals surface area contributed by atoms with Crippen LogP contribution in [0, 0.1) is 0 Å². The maximum absolute atomic E-state index is 12.1. The monoisotopic (exact) mass is 338 g/mol. The van der Waals surface area contributed by atoms with Crippen molar-refractivity contribution in [3.05, 3.63) is 82.3 Å². The number of rotatable bonds is 6. The SMILES string of the molecule is O=C(NCCC(O)c1ccccc1)c1ccc(-c2ccco2)[nH]c1=O. The Morgan fingerprint density at radius 1 is 1.12 bits per heavy atom. The predicted molar refractivity (Wildman–Crippen MR) is 93.1 cm³/mol. The Kier molecular flexibility index (Phi) is 5.11. The molecule has 0 saturated carbocycles. The van der Waals surface area contributed by atoms with E-state index in [1.165, 1.54) is 12.3 Å². The van der Waals surface area contributed by atoms with Gasteiger partial charge in [-0.15, -0.1) is 0 Å². The Labute approximate surface area is 144 Å². The molecule has 2 heterocycles. The molecule has 0 spiro atoms. The topological polar surface area (TPSA) is 95.3 Å². The minimum atomic E-state index is -0.666. The van der Waals surface area contributed by atoms with Crippen LogP contribution in [0.2, 0.25) is 0 Å². The third kappa shape index (κ3) is 4.05. The molecular formula is C19H18N2O4. The molecule has 0 aliphatic rings. The van der Waals surface area contributed by atoms with Crippen molar-refractivity contribution in [1.82, 2.24) is 10.3 Å². The number of aliphatic hydroxyl groups excluding tert-OH is 1. The van der Waals surface area contributed by atoms with Gasteiger partial charge in [0.25, 0.3) is 11.5 Å². The van der Waals surface area contributed by atoms with Crippen LogP contribution in [-0.4, -0.2) is 22.5 Å². The van der Waals surface area contributed by atoms with E-state index in [0.717, 1.165) is 5.56 Å². The molecule has 0 saturated heterocycles. The second kappa shape index (κ2) is 7.63. The molecule has 0 aliphatic carbocycles. The Morgan fingerprint density at radius 3 is 2.60 bits per heavy atom. The molecule has 1 atom stereocenters. The fourth-order valence-corrected chi connectivity index (χ4v) is 2.49. The Hall–Kier alpha value is -3.12. The molecule has 3 N–H and O–H groups in total. The van der Waals surface area contributed by atoms with Crippen LogP contribution >= 0.6 is 0 Å². The molecule has 1 aromatic carbocycles. The van der Waals surface area contributed by atoms with Crippen LogP contribution in [0.5, 0.6) is 0 Å². The summed E-state index contributed by atoms with van der Waals surface area (Å²) < 4.78 is 5.21. The molecule has 0 fully saturated rings. The molecule has 6 heteroatoms. The average Bonchev–Trinajstić information content (AvgIpc) is 3.17. The Balaban J connectivity index is 1.59. The molecule has 2 aromatic heterocycles. The standard InChI is InChI=1S/C19H18N2O4/c22-16(13-5-2-1-3-6-13)10-11-20-18(23)14-8-9-15(21-19(14)24)17-7-4-12-25-17/h1-9,12,16,22H,10-11H2,(H,20,23)(H,21,24). The first-order chi connectivity index (χ1) is 12.1. The van der Waals surface area contributed by atoms with Crippen molar-refractivity contribution in [3.8, 4) is 11.5 Å². The van der Waals surface area contributed by atoms with E-state index in [1.54, 1.807) is 18.2 Å². The van der Waals surface area contributed by atoms with Gasteiger partial charge in [-0.05, 0) is 36.2 Å². The van der Waals surface area contributed by atoms with Gasteiger partial charge in [0, 0.05) is 6.54 Å². The summed E-state index contributed by atoms with van der Waals surface area (Å²) in [6.07, 6.45) is 1.20. The van der Waals surface area contributed by atoms with Gasteiger partial charge in [-0.25, -0.2) is 0 Å². The summed E-state index contributed by atoms with van der Waals surface area (Å²) in [7, 11) is 0. The van der Waals surface area contributed by atoms with E-state index in [2.05, 4.69) is 10.3 Å². The first-order valence-electron chi connectivity index (χ1n) is 7.93. The highest BCUT2D eigenvalue weighted by atomic mass is 16.3. The number of nitrogens with one attached hydrogen (secondary N) is 2. The smallest absolute Gasteiger partial charge is 0.261 e. The summed E-state index contributed by atoms with van der Waals surface area (Å²) in [4.78, 5) is 26.9. The van der Waals surface area contributed by atoms with Crippen molar-refractivity contribution in [2.24, 2.45) is 0 Å². The Morgan fingerprint density at radius 2 is 1.92 bits per heavy atom. The fourth-order valence-electron chi connectivity index (χ4n) is 2.49. The van der Waals surface area contributed by atoms with Crippen LogP contribution in [0.4, 0.5) is 0 Å². The lowest BCUT2D eigenvalue weighted by Crippen LogP contribution is -2.30. The zero-order chi connectivity index (χ0) is 17.6. The average molecular weight is 338 g/mol. The Bertz CT molecular complexity index is 885. The number of carbonyl (C=O) groups is 1. The van der Waals surface area contributed by atoms with Crippen molar-refractivity contribution in [1.29, 1.82) is 0 Å². The highest BCUT2D eigenvalue weighted by Crippen LogP contribution is 2.16. The van der Waals surface area contributed by atoms with Crippen molar-refractivity contribution in [2.45, 2.75) is 12.5 Å². The summed E-state index contributed by atoms with van der Waals surface area (Å²) in [5, 5.41) is 12.7. The van der Waals surface area contributed by atoms with Crippen LogP contribution in [0.3, 0.4) is 0 Å². The van der Waals surface area contributed by atoms with Crippen molar-refractivity contribution >= 4 is 5.91 Å². The number of pyridine rings is 1. The van der Waals surface area contributed by atoms with E-state index < -0.39 is 17.6 Å². The molecule has 1 amide bonds. The van der Waals surface area contributed by atoms with Crippen molar-refractivity contribution < 1.29 is 14.3 Å². The number of aliphatic hydroxyl groups is 1. The summed E-state index contributed by atoms with van der Waals surface area (Å²) in [6, 6.07) is 15.7. The summed E-state index contributed by atoms with van der Waals surface area (Å²) in [6.45, 7) is 0.258. The van der Waals surface area contributed by atoms with Gasteiger partial charge in [0.1, 0.15) is 11.3 Å². The molecule has 0 radical (unpaired) electrons. The largest absolute Gasteiger partial charge is 0.463 e. The number of hydrogen-bond donors (Lipinski definition) is 3. The maximum atomic E-state index is 12.1. The summed E-state index contributed by atoms with van der Waals surface area (Å²) >= 11 is 0. The van der Waals surface area contributed by atoms with Crippen LogP contribution in [0.1, 0.15) is 28.4 Å². The molecule has 25 heavy (non-hydrogen) atoms. The first kappa shape index (κ1) is 16.7. The van der Waals surface area contributed by atoms with Gasteiger partial charge < -0.3 is 19.8 Å². The lowest BCUT2D eigenvalue weighted by molar-refractivity contribution is 0.0941. The number of aromatic amines is 1. The molecule has 0 aliphatic heterocycles. The predicted octanol–water partition coefficient (Wildman–Crippen LogP) is 2.49. The second-order valence-electron chi connectivity index (χ2n) is 5.56. The highest BCUT2D eigenvalue weighted by molar-refractivity contribution is 5.94. The quantitative estimate of drug-likeness (QED) is 0.643. The van der Waals surface area contributed by atoms with E-state index in [9.17, 15) is 14.7 Å². The molecule has 0 bridgehead atoms. The second-order valence-corrected chi connectivity index (χ2v) is 5.56. The molecular weight excluding hydrogens is 320 g/mol. The van der Waals surface area contributed by atoms with E-state index in [4.69, 9.17) is 4.42 Å². The van der Waals surface area contributed by atoms with Crippen LogP contribution in [0.15, 0.2) is 70.1 Å². The molecule has 1 unspecified atom stereocenters. The number of amides is 1. The van der Waals surface area contributed by atoms with Crippen LogP contribution < -0.4 is 10.9 Å². The minimum Gasteiger partial charge on any atom is -0.463 e.